The number of rotatable bonds is 2. The van der Waals surface area contributed by atoms with Crippen molar-refractivity contribution < 1.29 is 0 Å². The van der Waals surface area contributed by atoms with Crippen molar-refractivity contribution in [2.75, 3.05) is 17.7 Å². The summed E-state index contributed by atoms with van der Waals surface area (Å²) in [6.07, 6.45) is 3.83. The summed E-state index contributed by atoms with van der Waals surface area (Å²) in [6, 6.07) is 2.70. The van der Waals surface area contributed by atoms with Crippen molar-refractivity contribution in [3.05, 3.63) is 11.4 Å². The molecule has 1 saturated carbocycles. The highest BCUT2D eigenvalue weighted by Crippen LogP contribution is 2.33. The van der Waals surface area contributed by atoms with Gasteiger partial charge in [-0.2, -0.15) is 4.98 Å². The second kappa shape index (κ2) is 3.59. The lowest BCUT2D eigenvalue weighted by atomic mass is 9.92. The van der Waals surface area contributed by atoms with Crippen LogP contribution in [-0.2, 0) is 0 Å². The molecule has 2 N–H and O–H groups in total. The molecule has 1 aliphatic rings. The molecule has 0 amide bonds. The summed E-state index contributed by atoms with van der Waals surface area (Å²) in [5.41, 5.74) is 5.74. The minimum atomic E-state index is 0.371. The largest absolute Gasteiger partial charge is 0.368 e. The fourth-order valence-electron chi connectivity index (χ4n) is 2.07. The van der Waals surface area contributed by atoms with Crippen LogP contribution in [0.1, 0.15) is 19.3 Å². The molecule has 0 spiro atoms. The van der Waals surface area contributed by atoms with Gasteiger partial charge in [-0.25, -0.2) is 4.98 Å². The predicted octanol–water partition coefficient (Wildman–Crippen LogP) is 2.26. The van der Waals surface area contributed by atoms with Crippen molar-refractivity contribution in [1.82, 2.24) is 9.97 Å². The van der Waals surface area contributed by atoms with Crippen molar-refractivity contribution in [2.24, 2.45) is 0 Å². The van der Waals surface area contributed by atoms with Crippen LogP contribution >= 0.6 is 11.3 Å². The minimum Gasteiger partial charge on any atom is -0.368 e. The van der Waals surface area contributed by atoms with Crippen molar-refractivity contribution in [1.29, 1.82) is 0 Å². The van der Waals surface area contributed by atoms with E-state index < -0.39 is 0 Å². The molecule has 0 unspecified atom stereocenters. The molecule has 0 radical (unpaired) electrons. The SMILES string of the molecule is CN(c1nc(N)nc2sccc12)C1CCC1. The lowest BCUT2D eigenvalue weighted by Crippen LogP contribution is -2.37. The van der Waals surface area contributed by atoms with E-state index in [1.165, 1.54) is 19.3 Å². The molecular weight excluding hydrogens is 220 g/mol. The number of nitrogens with zero attached hydrogens (tertiary/aromatic N) is 3. The highest BCUT2D eigenvalue weighted by Gasteiger charge is 2.24. The van der Waals surface area contributed by atoms with E-state index in [2.05, 4.69) is 28.0 Å². The van der Waals surface area contributed by atoms with E-state index in [1.54, 1.807) is 11.3 Å². The van der Waals surface area contributed by atoms with Gasteiger partial charge in [-0.3, -0.25) is 0 Å². The first-order valence-electron chi connectivity index (χ1n) is 5.49. The number of thiophene rings is 1. The maximum absolute atomic E-state index is 5.74. The summed E-state index contributed by atoms with van der Waals surface area (Å²) in [6.45, 7) is 0. The van der Waals surface area contributed by atoms with Gasteiger partial charge in [0.05, 0.1) is 5.39 Å². The van der Waals surface area contributed by atoms with Gasteiger partial charge in [-0.05, 0) is 30.7 Å². The molecule has 1 fully saturated rings. The minimum absolute atomic E-state index is 0.371. The van der Waals surface area contributed by atoms with Gasteiger partial charge in [-0.15, -0.1) is 11.3 Å². The van der Waals surface area contributed by atoms with Crippen LogP contribution in [0.3, 0.4) is 0 Å². The third-order valence-electron chi connectivity index (χ3n) is 3.28. The Morgan fingerprint density at radius 1 is 1.44 bits per heavy atom. The highest BCUT2D eigenvalue weighted by molar-refractivity contribution is 7.16. The first-order chi connectivity index (χ1) is 7.75. The Morgan fingerprint density at radius 2 is 2.25 bits per heavy atom. The zero-order chi connectivity index (χ0) is 11.1. The molecule has 16 heavy (non-hydrogen) atoms. The molecule has 2 heterocycles. The molecule has 0 aromatic carbocycles. The van der Waals surface area contributed by atoms with Crippen molar-refractivity contribution in [3.63, 3.8) is 0 Å². The van der Waals surface area contributed by atoms with Crippen LogP contribution in [0.2, 0.25) is 0 Å². The van der Waals surface area contributed by atoms with Crippen LogP contribution in [0.15, 0.2) is 11.4 Å². The maximum Gasteiger partial charge on any atom is 0.223 e. The Kier molecular flexibility index (Phi) is 2.21. The summed E-state index contributed by atoms with van der Waals surface area (Å²) >= 11 is 1.61. The molecule has 3 rings (SSSR count). The number of aromatic nitrogens is 2. The van der Waals surface area contributed by atoms with Crippen molar-refractivity contribution in [2.45, 2.75) is 25.3 Å². The van der Waals surface area contributed by atoms with E-state index in [4.69, 9.17) is 5.73 Å². The number of hydrogen-bond acceptors (Lipinski definition) is 5. The summed E-state index contributed by atoms with van der Waals surface area (Å²) in [5, 5.41) is 3.16. The summed E-state index contributed by atoms with van der Waals surface area (Å²) < 4.78 is 0. The molecule has 84 valence electrons. The Labute approximate surface area is 98.1 Å². The fraction of sp³-hybridized carbons (Fsp3) is 0.455. The molecule has 5 heteroatoms. The van der Waals surface area contributed by atoms with Gasteiger partial charge in [-0.1, -0.05) is 0 Å². The molecule has 0 saturated heterocycles. The fourth-order valence-corrected chi connectivity index (χ4v) is 2.84. The van der Waals surface area contributed by atoms with Crippen LogP contribution < -0.4 is 10.6 Å². The van der Waals surface area contributed by atoms with E-state index in [0.717, 1.165) is 16.0 Å². The molecule has 4 nitrogen and oxygen atoms in total. The average Bonchev–Trinajstić information content (AvgIpc) is 2.60. The molecule has 0 aliphatic heterocycles. The van der Waals surface area contributed by atoms with Gasteiger partial charge >= 0.3 is 0 Å². The molecule has 0 bridgehead atoms. The third-order valence-corrected chi connectivity index (χ3v) is 4.09. The first kappa shape index (κ1) is 9.84. The monoisotopic (exact) mass is 234 g/mol. The standard InChI is InChI=1S/C11H14N4S/c1-15(7-3-2-4-7)9-8-5-6-16-10(8)14-11(12)13-9/h5-7H,2-4H2,1H3,(H2,12,13,14). The first-order valence-corrected chi connectivity index (χ1v) is 6.37. The predicted molar refractivity (Wildman–Crippen MR) is 67.9 cm³/mol. The zero-order valence-corrected chi connectivity index (χ0v) is 10.00. The average molecular weight is 234 g/mol. The Hall–Kier alpha value is -1.36. The van der Waals surface area contributed by atoms with E-state index >= 15 is 0 Å². The van der Waals surface area contributed by atoms with Crippen LogP contribution in [0.25, 0.3) is 10.2 Å². The van der Waals surface area contributed by atoms with Crippen LogP contribution in [0.4, 0.5) is 11.8 Å². The van der Waals surface area contributed by atoms with Gasteiger partial charge in [0.25, 0.3) is 0 Å². The maximum atomic E-state index is 5.74. The Morgan fingerprint density at radius 3 is 2.94 bits per heavy atom. The summed E-state index contributed by atoms with van der Waals surface area (Å²) in [5.74, 6) is 1.35. The number of hydrogen-bond donors (Lipinski definition) is 1. The Bertz CT molecular complexity index is 518. The van der Waals surface area contributed by atoms with Gasteiger partial charge in [0, 0.05) is 13.1 Å². The van der Waals surface area contributed by atoms with E-state index in [1.807, 2.05) is 5.38 Å². The Balaban J connectivity index is 2.09. The van der Waals surface area contributed by atoms with Gasteiger partial charge in [0.15, 0.2) is 0 Å². The normalized spacial score (nSPS) is 16.3. The van der Waals surface area contributed by atoms with Crippen LogP contribution in [-0.4, -0.2) is 23.1 Å². The lowest BCUT2D eigenvalue weighted by Gasteiger charge is -2.35. The molecule has 1 aliphatic carbocycles. The van der Waals surface area contributed by atoms with Crippen molar-refractivity contribution in [3.8, 4) is 0 Å². The topological polar surface area (TPSA) is 55.0 Å². The van der Waals surface area contributed by atoms with Gasteiger partial charge < -0.3 is 10.6 Å². The summed E-state index contributed by atoms with van der Waals surface area (Å²) in [7, 11) is 2.10. The van der Waals surface area contributed by atoms with E-state index in [9.17, 15) is 0 Å². The third kappa shape index (κ3) is 1.43. The van der Waals surface area contributed by atoms with Gasteiger partial charge in [0.1, 0.15) is 10.6 Å². The summed E-state index contributed by atoms with van der Waals surface area (Å²) in [4.78, 5) is 11.8. The molecule has 2 aromatic rings. The van der Waals surface area contributed by atoms with Crippen molar-refractivity contribution >= 4 is 33.3 Å². The van der Waals surface area contributed by atoms with E-state index in [0.29, 0.717) is 12.0 Å². The smallest absolute Gasteiger partial charge is 0.223 e. The lowest BCUT2D eigenvalue weighted by molar-refractivity contribution is 0.400. The number of nitrogens with two attached hydrogens (primary N) is 1. The highest BCUT2D eigenvalue weighted by atomic mass is 32.1. The molecule has 2 aromatic heterocycles. The second-order valence-corrected chi connectivity index (χ2v) is 5.14. The number of anilines is 2. The number of nitrogen functional groups attached to an aromatic ring is 1. The quantitative estimate of drug-likeness (QED) is 0.866. The second-order valence-electron chi connectivity index (χ2n) is 4.24. The zero-order valence-electron chi connectivity index (χ0n) is 9.18. The van der Waals surface area contributed by atoms with E-state index in [-0.39, 0.29) is 0 Å². The van der Waals surface area contributed by atoms with Gasteiger partial charge in [0.2, 0.25) is 5.95 Å². The van der Waals surface area contributed by atoms with Crippen LogP contribution in [0, 0.1) is 0 Å². The molecular formula is C11H14N4S. The van der Waals surface area contributed by atoms with Crippen LogP contribution in [0.5, 0.6) is 0 Å². The number of fused-ring (bicyclic) bond motifs is 1. The molecule has 0 atom stereocenters.